The number of hydrogen-bond acceptors (Lipinski definition) is 0. The Morgan fingerprint density at radius 3 is 2.31 bits per heavy atom. The van der Waals surface area contributed by atoms with Crippen LogP contribution in [0.15, 0.2) is 23.8 Å². The highest BCUT2D eigenvalue weighted by Crippen LogP contribution is 2.38. The summed E-state index contributed by atoms with van der Waals surface area (Å²) in [4.78, 5) is 0. The van der Waals surface area contributed by atoms with E-state index in [1.807, 2.05) is 0 Å². The van der Waals surface area contributed by atoms with Gasteiger partial charge in [-0.25, -0.2) is 0 Å². The van der Waals surface area contributed by atoms with Crippen LogP contribution in [0.5, 0.6) is 0 Å². The first-order valence-corrected chi connectivity index (χ1v) is 5.35. The molecule has 1 aliphatic carbocycles. The molecule has 0 spiro atoms. The van der Waals surface area contributed by atoms with Gasteiger partial charge in [-0.2, -0.15) is 0 Å². The van der Waals surface area contributed by atoms with Gasteiger partial charge in [-0.05, 0) is 29.2 Å². The zero-order valence-electron chi connectivity index (χ0n) is 9.59. The van der Waals surface area contributed by atoms with Crippen molar-refractivity contribution in [1.82, 2.24) is 0 Å². The predicted molar refractivity (Wildman–Crippen MR) is 59.6 cm³/mol. The summed E-state index contributed by atoms with van der Waals surface area (Å²) in [7, 11) is 0. The van der Waals surface area contributed by atoms with Gasteiger partial charge in [0.15, 0.2) is 0 Å². The zero-order valence-corrected chi connectivity index (χ0v) is 9.59. The Bertz CT molecular complexity index is 230. The van der Waals surface area contributed by atoms with Gasteiger partial charge in [0.05, 0.1) is 0 Å². The van der Waals surface area contributed by atoms with Crippen molar-refractivity contribution >= 4 is 0 Å². The maximum Gasteiger partial charge on any atom is -0.00831 e. The molecule has 0 aromatic heterocycles. The smallest absolute Gasteiger partial charge is 0.00831 e. The lowest BCUT2D eigenvalue weighted by Crippen LogP contribution is -2.23. The van der Waals surface area contributed by atoms with E-state index in [-0.39, 0.29) is 0 Å². The van der Waals surface area contributed by atoms with Crippen molar-refractivity contribution < 1.29 is 0 Å². The largest absolute Gasteiger partial charge is 0.0834 e. The van der Waals surface area contributed by atoms with Crippen LogP contribution in [0.1, 0.15) is 41.0 Å². The second-order valence-corrected chi connectivity index (χ2v) is 5.07. The van der Waals surface area contributed by atoms with Crippen molar-refractivity contribution in [3.05, 3.63) is 23.8 Å². The lowest BCUT2D eigenvalue weighted by molar-refractivity contribution is 0.295. The molecule has 0 saturated carbocycles. The lowest BCUT2D eigenvalue weighted by Gasteiger charge is -2.33. The Hall–Kier alpha value is -0.520. The molecular weight excluding hydrogens is 156 g/mol. The molecule has 0 N–H and O–H groups in total. The lowest BCUT2D eigenvalue weighted by atomic mass is 9.72. The monoisotopic (exact) mass is 178 g/mol. The molecule has 0 radical (unpaired) electrons. The molecule has 0 aliphatic heterocycles. The topological polar surface area (TPSA) is 0 Å². The minimum absolute atomic E-state index is 0.383. The molecule has 13 heavy (non-hydrogen) atoms. The summed E-state index contributed by atoms with van der Waals surface area (Å²) in [5.74, 6) is 1.39. The van der Waals surface area contributed by atoms with E-state index in [0.29, 0.717) is 11.3 Å². The Balaban J connectivity index is 2.89. The Morgan fingerprint density at radius 1 is 1.23 bits per heavy atom. The first kappa shape index (κ1) is 10.6. The first-order chi connectivity index (χ1) is 5.96. The van der Waals surface area contributed by atoms with Gasteiger partial charge in [0.2, 0.25) is 0 Å². The fraction of sp³-hybridized carbons (Fsp3) is 0.692. The Kier molecular flexibility index (Phi) is 3.00. The molecule has 0 fully saturated rings. The van der Waals surface area contributed by atoms with Crippen molar-refractivity contribution in [2.45, 2.75) is 41.0 Å². The SMILES string of the molecule is CC(C)C1=C[C@@](C)(C(C)C)CC=C1. The van der Waals surface area contributed by atoms with Gasteiger partial charge in [-0.1, -0.05) is 52.8 Å². The van der Waals surface area contributed by atoms with Crippen molar-refractivity contribution in [1.29, 1.82) is 0 Å². The van der Waals surface area contributed by atoms with Gasteiger partial charge in [0.25, 0.3) is 0 Å². The van der Waals surface area contributed by atoms with Crippen LogP contribution in [0.4, 0.5) is 0 Å². The van der Waals surface area contributed by atoms with Crippen LogP contribution in [-0.2, 0) is 0 Å². The summed E-state index contributed by atoms with van der Waals surface area (Å²) < 4.78 is 0. The van der Waals surface area contributed by atoms with E-state index in [2.05, 4.69) is 52.8 Å². The van der Waals surface area contributed by atoms with Crippen LogP contribution in [-0.4, -0.2) is 0 Å². The van der Waals surface area contributed by atoms with E-state index in [1.54, 1.807) is 0 Å². The third-order valence-corrected chi connectivity index (χ3v) is 3.35. The summed E-state index contributed by atoms with van der Waals surface area (Å²) in [6.45, 7) is 11.5. The average molecular weight is 178 g/mol. The minimum Gasteiger partial charge on any atom is -0.0834 e. The van der Waals surface area contributed by atoms with Gasteiger partial charge in [-0.3, -0.25) is 0 Å². The third kappa shape index (κ3) is 2.24. The molecule has 0 bridgehead atoms. The summed E-state index contributed by atoms with van der Waals surface area (Å²) >= 11 is 0. The van der Waals surface area contributed by atoms with Crippen LogP contribution < -0.4 is 0 Å². The second-order valence-electron chi connectivity index (χ2n) is 5.07. The van der Waals surface area contributed by atoms with Crippen molar-refractivity contribution in [3.8, 4) is 0 Å². The van der Waals surface area contributed by atoms with E-state index in [9.17, 15) is 0 Å². The molecule has 0 aromatic rings. The fourth-order valence-corrected chi connectivity index (χ4v) is 1.70. The van der Waals surface area contributed by atoms with Crippen LogP contribution >= 0.6 is 0 Å². The molecule has 0 aromatic carbocycles. The highest BCUT2D eigenvalue weighted by Gasteiger charge is 2.27. The zero-order chi connectivity index (χ0) is 10.1. The van der Waals surface area contributed by atoms with Crippen LogP contribution in [0.3, 0.4) is 0 Å². The van der Waals surface area contributed by atoms with Gasteiger partial charge in [0.1, 0.15) is 0 Å². The average Bonchev–Trinajstić information content (AvgIpc) is 2.04. The summed E-state index contributed by atoms with van der Waals surface area (Å²) in [6, 6.07) is 0. The normalized spacial score (nSPS) is 28.4. The molecule has 1 atom stereocenters. The predicted octanol–water partition coefficient (Wildman–Crippen LogP) is 4.19. The van der Waals surface area contributed by atoms with Gasteiger partial charge in [-0.15, -0.1) is 0 Å². The van der Waals surface area contributed by atoms with Crippen LogP contribution in [0.2, 0.25) is 0 Å². The molecule has 0 amide bonds. The minimum atomic E-state index is 0.383. The van der Waals surface area contributed by atoms with Gasteiger partial charge in [0, 0.05) is 0 Å². The molecular formula is C13H22. The van der Waals surface area contributed by atoms with E-state index in [0.717, 1.165) is 5.92 Å². The second kappa shape index (κ2) is 3.69. The van der Waals surface area contributed by atoms with Gasteiger partial charge < -0.3 is 0 Å². The van der Waals surface area contributed by atoms with Gasteiger partial charge >= 0.3 is 0 Å². The molecule has 0 unspecified atom stereocenters. The highest BCUT2D eigenvalue weighted by molar-refractivity contribution is 5.28. The van der Waals surface area contributed by atoms with Crippen molar-refractivity contribution in [2.24, 2.45) is 17.3 Å². The van der Waals surface area contributed by atoms with Crippen molar-refractivity contribution in [2.75, 3.05) is 0 Å². The molecule has 74 valence electrons. The van der Waals surface area contributed by atoms with E-state index in [1.165, 1.54) is 12.0 Å². The number of allylic oxidation sites excluding steroid dienone is 4. The summed E-state index contributed by atoms with van der Waals surface area (Å²) in [5, 5.41) is 0. The molecule has 1 rings (SSSR count). The highest BCUT2D eigenvalue weighted by atomic mass is 14.3. The number of hydrogen-bond donors (Lipinski definition) is 0. The van der Waals surface area contributed by atoms with E-state index >= 15 is 0 Å². The molecule has 0 nitrogen and oxygen atoms in total. The third-order valence-electron chi connectivity index (χ3n) is 3.35. The quantitative estimate of drug-likeness (QED) is 0.594. The van der Waals surface area contributed by atoms with E-state index < -0.39 is 0 Å². The fourth-order valence-electron chi connectivity index (χ4n) is 1.70. The maximum absolute atomic E-state index is 2.47. The Labute approximate surface area is 82.7 Å². The molecule has 0 saturated heterocycles. The Morgan fingerprint density at radius 2 is 1.85 bits per heavy atom. The summed E-state index contributed by atoms with van der Waals surface area (Å²) in [5.41, 5.74) is 1.89. The molecule has 0 heteroatoms. The maximum atomic E-state index is 2.47. The first-order valence-electron chi connectivity index (χ1n) is 5.35. The van der Waals surface area contributed by atoms with Crippen molar-refractivity contribution in [3.63, 3.8) is 0 Å². The molecule has 1 aliphatic rings. The summed E-state index contributed by atoms with van der Waals surface area (Å²) in [6.07, 6.45) is 8.29. The standard InChI is InChI=1S/C13H22/c1-10(2)12-7-6-8-13(5,9-12)11(3)4/h6-7,9-11H,8H2,1-5H3/t13-/m0/s1. The van der Waals surface area contributed by atoms with Crippen LogP contribution in [0, 0.1) is 17.3 Å². The van der Waals surface area contributed by atoms with E-state index in [4.69, 9.17) is 0 Å². The number of rotatable bonds is 2. The molecule has 0 heterocycles. The van der Waals surface area contributed by atoms with Crippen LogP contribution in [0.25, 0.3) is 0 Å².